The van der Waals surface area contributed by atoms with Gasteiger partial charge in [-0.3, -0.25) is 14.9 Å². The highest BCUT2D eigenvalue weighted by Crippen LogP contribution is 2.07. The first-order chi connectivity index (χ1) is 6.47. The van der Waals surface area contributed by atoms with Gasteiger partial charge in [-0.05, 0) is 32.9 Å². The highest BCUT2D eigenvalue weighted by molar-refractivity contribution is 5.90. The van der Waals surface area contributed by atoms with Crippen LogP contribution >= 0.6 is 0 Å². The largest absolute Gasteiger partial charge is 0.295 e. The minimum atomic E-state index is -0.449. The van der Waals surface area contributed by atoms with Gasteiger partial charge >= 0.3 is 0 Å². The van der Waals surface area contributed by atoms with Gasteiger partial charge in [0, 0.05) is 12.8 Å². The average molecular weight is 197 g/mol. The number of hydrogen-bond donors (Lipinski definition) is 0. The molecule has 0 aliphatic heterocycles. The molecule has 4 heteroatoms. The third kappa shape index (κ3) is 5.24. The first kappa shape index (κ1) is 12.6. The predicted molar refractivity (Wildman–Crippen MR) is 54.4 cm³/mol. The fourth-order valence-electron chi connectivity index (χ4n) is 0.986. The lowest BCUT2D eigenvalue weighted by Gasteiger charge is -1.96. The van der Waals surface area contributed by atoms with Gasteiger partial charge in [0.25, 0.3) is 0 Å². The maximum Gasteiger partial charge on any atom is 0.242 e. The van der Waals surface area contributed by atoms with Gasteiger partial charge < -0.3 is 0 Å². The molecule has 0 heterocycles. The molecule has 0 N–H and O–H groups in total. The fraction of sp³-hybridized carbons (Fsp3) is 0.500. The maximum atomic E-state index is 11.2. The molecule has 0 spiro atoms. The van der Waals surface area contributed by atoms with Crippen LogP contribution in [0.2, 0.25) is 0 Å². The Kier molecular flexibility index (Phi) is 5.44. The number of carbonyl (C=O) groups excluding carboxylic acids is 1. The molecule has 0 aromatic carbocycles. The van der Waals surface area contributed by atoms with Gasteiger partial charge in [-0.15, -0.1) is 0 Å². The fourth-order valence-corrected chi connectivity index (χ4v) is 0.986. The highest BCUT2D eigenvalue weighted by Gasteiger charge is 2.10. The molecule has 0 aromatic rings. The quantitative estimate of drug-likeness (QED) is 0.386. The van der Waals surface area contributed by atoms with Crippen LogP contribution in [0.15, 0.2) is 23.4 Å². The minimum Gasteiger partial charge on any atom is -0.295 e. The van der Waals surface area contributed by atoms with E-state index in [1.807, 2.05) is 13.8 Å². The van der Waals surface area contributed by atoms with Crippen LogP contribution in [0, 0.1) is 10.1 Å². The Labute approximate surface area is 83.5 Å². The Hall–Kier alpha value is -1.45. The second-order valence-corrected chi connectivity index (χ2v) is 3.23. The lowest BCUT2D eigenvalue weighted by atomic mass is 10.1. The molecule has 0 amide bonds. The van der Waals surface area contributed by atoms with E-state index in [1.165, 1.54) is 12.2 Å². The van der Waals surface area contributed by atoms with Gasteiger partial charge in [-0.2, -0.15) is 0 Å². The number of carbonyl (C=O) groups is 1. The van der Waals surface area contributed by atoms with Gasteiger partial charge in [-0.1, -0.05) is 5.57 Å². The molecule has 14 heavy (non-hydrogen) atoms. The Morgan fingerprint density at radius 1 is 1.36 bits per heavy atom. The van der Waals surface area contributed by atoms with Crippen LogP contribution < -0.4 is 0 Å². The molecule has 0 rings (SSSR count). The molecule has 0 saturated heterocycles. The van der Waals surface area contributed by atoms with E-state index in [4.69, 9.17) is 0 Å². The van der Waals surface area contributed by atoms with E-state index in [0.29, 0.717) is 0 Å². The Morgan fingerprint density at radius 2 is 1.93 bits per heavy atom. The molecule has 78 valence electrons. The monoisotopic (exact) mass is 197 g/mol. The van der Waals surface area contributed by atoms with Crippen LogP contribution in [-0.4, -0.2) is 10.7 Å². The summed E-state index contributed by atoms with van der Waals surface area (Å²) in [5.41, 5.74) is 1.01. The van der Waals surface area contributed by atoms with Gasteiger partial charge in [0.2, 0.25) is 5.70 Å². The third-order valence-corrected chi connectivity index (χ3v) is 1.64. The van der Waals surface area contributed by atoms with Crippen LogP contribution in [0.5, 0.6) is 0 Å². The summed E-state index contributed by atoms with van der Waals surface area (Å²) in [4.78, 5) is 21.1. The predicted octanol–water partition coefficient (Wildman–Crippen LogP) is 2.48. The summed E-state index contributed by atoms with van der Waals surface area (Å²) in [5.74, 6) is -0.0637. The smallest absolute Gasteiger partial charge is 0.242 e. The molecule has 0 aliphatic rings. The van der Waals surface area contributed by atoms with Crippen LogP contribution in [-0.2, 0) is 4.79 Å². The van der Waals surface area contributed by atoms with Crippen molar-refractivity contribution in [2.45, 2.75) is 33.6 Å². The van der Waals surface area contributed by atoms with Crippen molar-refractivity contribution in [1.29, 1.82) is 0 Å². The maximum absolute atomic E-state index is 11.2. The van der Waals surface area contributed by atoms with Crippen LogP contribution in [0.4, 0.5) is 0 Å². The zero-order valence-corrected chi connectivity index (χ0v) is 8.74. The number of nitrogens with zero attached hydrogens (tertiary/aromatic N) is 1. The van der Waals surface area contributed by atoms with Crippen molar-refractivity contribution in [2.75, 3.05) is 0 Å². The lowest BCUT2D eigenvalue weighted by Crippen LogP contribution is -2.02. The SMILES string of the molecule is C/C=C(/CCC(=O)C=C(C)C)[N+](=O)[O-]. The number of allylic oxidation sites excluding steroid dienone is 4. The number of nitro groups is 1. The van der Waals surface area contributed by atoms with Gasteiger partial charge in [-0.25, -0.2) is 0 Å². The number of hydrogen-bond acceptors (Lipinski definition) is 3. The van der Waals surface area contributed by atoms with E-state index >= 15 is 0 Å². The average Bonchev–Trinajstić information content (AvgIpc) is 2.03. The molecule has 4 nitrogen and oxygen atoms in total. The van der Waals surface area contributed by atoms with Crippen molar-refractivity contribution >= 4 is 5.78 Å². The summed E-state index contributed by atoms with van der Waals surface area (Å²) in [6, 6.07) is 0. The molecule has 0 bridgehead atoms. The summed E-state index contributed by atoms with van der Waals surface area (Å²) < 4.78 is 0. The zero-order chi connectivity index (χ0) is 11.1. The lowest BCUT2D eigenvalue weighted by molar-refractivity contribution is -0.428. The molecule has 0 aromatic heterocycles. The molecule has 0 unspecified atom stereocenters. The second kappa shape index (κ2) is 6.07. The normalized spacial score (nSPS) is 10.9. The van der Waals surface area contributed by atoms with Crippen molar-refractivity contribution in [2.24, 2.45) is 0 Å². The van der Waals surface area contributed by atoms with Crippen LogP contribution in [0.25, 0.3) is 0 Å². The summed E-state index contributed by atoms with van der Waals surface area (Å²) in [6.45, 7) is 5.24. The van der Waals surface area contributed by atoms with E-state index in [9.17, 15) is 14.9 Å². The van der Waals surface area contributed by atoms with Crippen molar-refractivity contribution in [1.82, 2.24) is 0 Å². The van der Waals surface area contributed by atoms with Gasteiger partial charge in [0.15, 0.2) is 5.78 Å². The molecule has 0 atom stereocenters. The second-order valence-electron chi connectivity index (χ2n) is 3.23. The topological polar surface area (TPSA) is 60.2 Å². The summed E-state index contributed by atoms with van der Waals surface area (Å²) in [7, 11) is 0. The van der Waals surface area contributed by atoms with Crippen molar-refractivity contribution in [3.63, 3.8) is 0 Å². The first-order valence-corrected chi connectivity index (χ1v) is 4.44. The van der Waals surface area contributed by atoms with E-state index in [1.54, 1.807) is 6.92 Å². The van der Waals surface area contributed by atoms with E-state index in [2.05, 4.69) is 0 Å². The Morgan fingerprint density at radius 3 is 2.29 bits per heavy atom. The number of ketones is 1. The van der Waals surface area contributed by atoms with E-state index < -0.39 is 4.92 Å². The molecule has 0 fully saturated rings. The minimum absolute atomic E-state index is 0.0637. The standard InChI is InChI=1S/C10H15NO3/c1-4-9(11(13)14)5-6-10(12)7-8(2)3/h4,7H,5-6H2,1-3H3/b9-4-. The van der Waals surface area contributed by atoms with E-state index in [-0.39, 0.29) is 24.3 Å². The van der Waals surface area contributed by atoms with E-state index in [0.717, 1.165) is 5.57 Å². The molecule has 0 saturated carbocycles. The number of rotatable bonds is 5. The highest BCUT2D eigenvalue weighted by atomic mass is 16.6. The van der Waals surface area contributed by atoms with Gasteiger partial charge in [0.1, 0.15) is 0 Å². The Balaban J connectivity index is 4.13. The first-order valence-electron chi connectivity index (χ1n) is 4.44. The summed E-state index contributed by atoms with van der Waals surface area (Å²) in [6.07, 6.45) is 3.33. The zero-order valence-electron chi connectivity index (χ0n) is 8.74. The van der Waals surface area contributed by atoms with Crippen LogP contribution in [0.1, 0.15) is 33.6 Å². The van der Waals surface area contributed by atoms with Crippen molar-refractivity contribution < 1.29 is 9.72 Å². The molecular formula is C10H15NO3. The molecular weight excluding hydrogens is 182 g/mol. The molecule has 0 radical (unpaired) electrons. The van der Waals surface area contributed by atoms with Gasteiger partial charge in [0.05, 0.1) is 4.92 Å². The summed E-state index contributed by atoms with van der Waals surface area (Å²) in [5, 5.41) is 10.4. The third-order valence-electron chi connectivity index (χ3n) is 1.64. The van der Waals surface area contributed by atoms with Crippen LogP contribution in [0.3, 0.4) is 0 Å². The van der Waals surface area contributed by atoms with Crippen molar-refractivity contribution in [3.05, 3.63) is 33.5 Å². The Bertz CT molecular complexity index is 286. The summed E-state index contributed by atoms with van der Waals surface area (Å²) >= 11 is 0. The molecule has 0 aliphatic carbocycles. The van der Waals surface area contributed by atoms with Crippen molar-refractivity contribution in [3.8, 4) is 0 Å².